The number of aliphatic hydroxyl groups excluding tert-OH is 1. The van der Waals surface area contributed by atoms with Crippen LogP contribution in [0, 0.1) is 0 Å². The lowest BCUT2D eigenvalue weighted by Crippen LogP contribution is -2.36. The second-order valence-electron chi connectivity index (χ2n) is 7.32. The molecule has 0 radical (unpaired) electrons. The Hall–Kier alpha value is -3.14. The predicted octanol–water partition coefficient (Wildman–Crippen LogP) is 3.41. The number of aromatic nitrogens is 1. The van der Waals surface area contributed by atoms with Gasteiger partial charge in [0.05, 0.1) is 26.5 Å². The van der Waals surface area contributed by atoms with E-state index in [4.69, 9.17) is 14.2 Å². The third kappa shape index (κ3) is 4.55. The molecule has 1 aliphatic heterocycles. The van der Waals surface area contributed by atoms with E-state index in [1.807, 2.05) is 22.4 Å². The lowest BCUT2D eigenvalue weighted by atomic mass is 10.1. The number of benzene rings is 2. The van der Waals surface area contributed by atoms with Gasteiger partial charge in [-0.2, -0.15) is 0 Å². The molecule has 32 heavy (non-hydrogen) atoms. The van der Waals surface area contributed by atoms with E-state index >= 15 is 0 Å². The summed E-state index contributed by atoms with van der Waals surface area (Å²) in [4.78, 5) is 19.2. The van der Waals surface area contributed by atoms with E-state index < -0.39 is 6.23 Å². The summed E-state index contributed by atoms with van der Waals surface area (Å²) in [5.41, 5.74) is 4.33. The Morgan fingerprint density at radius 2 is 1.94 bits per heavy atom. The largest absolute Gasteiger partial charge is 0.497 e. The Bertz CT molecular complexity index is 1090. The van der Waals surface area contributed by atoms with Crippen LogP contribution in [-0.2, 0) is 11.2 Å². The number of hydrogen-bond acceptors (Lipinski definition) is 8. The number of rotatable bonds is 8. The molecule has 0 bridgehead atoms. The third-order valence-electron chi connectivity index (χ3n) is 5.32. The smallest absolute Gasteiger partial charge is 0.257 e. The zero-order chi connectivity index (χ0) is 22.7. The first-order valence-corrected chi connectivity index (χ1v) is 11.0. The zero-order valence-electron chi connectivity index (χ0n) is 18.1. The van der Waals surface area contributed by atoms with Crippen molar-refractivity contribution in [3.05, 3.63) is 52.9 Å². The second-order valence-corrected chi connectivity index (χ2v) is 8.17. The monoisotopic (exact) mass is 455 g/mol. The van der Waals surface area contributed by atoms with E-state index in [1.54, 1.807) is 25.3 Å². The summed E-state index contributed by atoms with van der Waals surface area (Å²) in [7, 11) is 4.65. The van der Waals surface area contributed by atoms with Gasteiger partial charge in [0.2, 0.25) is 0 Å². The Kier molecular flexibility index (Phi) is 6.59. The number of aliphatic hydroxyl groups is 1. The molecule has 2 N–H and O–H groups in total. The van der Waals surface area contributed by atoms with E-state index in [9.17, 15) is 9.90 Å². The molecule has 1 amide bonds. The van der Waals surface area contributed by atoms with Crippen LogP contribution >= 0.6 is 11.3 Å². The Labute approximate surface area is 190 Å². The van der Waals surface area contributed by atoms with Gasteiger partial charge in [-0.25, -0.2) is 4.98 Å². The summed E-state index contributed by atoms with van der Waals surface area (Å²) in [5, 5.41) is 15.5. The molecular formula is C23H25N3O5S. The first-order valence-electron chi connectivity index (χ1n) is 10.1. The highest BCUT2D eigenvalue weighted by molar-refractivity contribution is 7.14. The average molecular weight is 456 g/mol. The molecular weight excluding hydrogens is 430 g/mol. The van der Waals surface area contributed by atoms with Crippen LogP contribution in [0.25, 0.3) is 11.3 Å². The third-order valence-corrected chi connectivity index (χ3v) is 6.08. The molecule has 0 spiro atoms. The van der Waals surface area contributed by atoms with Crippen LogP contribution in [0.1, 0.15) is 15.9 Å². The standard InChI is InChI=1S/C23H25N3O5S/c1-29-12-21(27)26-7-6-15-8-14(4-5-20(15)26)19-13-32-23(24-19)25-22(28)16-9-17(30-2)11-18(10-16)31-3/h4-5,8-11,13,21,27H,6-7,12H2,1-3H3,(H,24,25,28). The van der Waals surface area contributed by atoms with Crippen molar-refractivity contribution in [2.24, 2.45) is 0 Å². The van der Waals surface area contributed by atoms with Crippen LogP contribution in [0.15, 0.2) is 41.8 Å². The number of amides is 1. The molecule has 168 valence electrons. The molecule has 3 aromatic rings. The maximum Gasteiger partial charge on any atom is 0.257 e. The summed E-state index contributed by atoms with van der Waals surface area (Å²) < 4.78 is 15.5. The van der Waals surface area contributed by atoms with Gasteiger partial charge < -0.3 is 24.2 Å². The van der Waals surface area contributed by atoms with E-state index in [0.29, 0.717) is 22.2 Å². The van der Waals surface area contributed by atoms with E-state index in [1.165, 1.54) is 25.6 Å². The molecule has 9 heteroatoms. The molecule has 2 heterocycles. The lowest BCUT2D eigenvalue weighted by Gasteiger charge is -2.25. The van der Waals surface area contributed by atoms with Gasteiger partial charge in [-0.3, -0.25) is 10.1 Å². The topological polar surface area (TPSA) is 93.2 Å². The Balaban J connectivity index is 1.50. The van der Waals surface area contributed by atoms with Crippen LogP contribution in [-0.4, -0.2) is 56.7 Å². The molecule has 0 aliphatic carbocycles. The van der Waals surface area contributed by atoms with Crippen LogP contribution < -0.4 is 19.7 Å². The molecule has 2 aromatic carbocycles. The minimum Gasteiger partial charge on any atom is -0.497 e. The lowest BCUT2D eigenvalue weighted by molar-refractivity contribution is 0.0634. The van der Waals surface area contributed by atoms with Gasteiger partial charge >= 0.3 is 0 Å². The highest BCUT2D eigenvalue weighted by atomic mass is 32.1. The summed E-state index contributed by atoms with van der Waals surface area (Å²) in [6.45, 7) is 1.00. The van der Waals surface area contributed by atoms with Gasteiger partial charge in [0, 0.05) is 41.9 Å². The predicted molar refractivity (Wildman–Crippen MR) is 124 cm³/mol. The number of thiazole rings is 1. The first-order chi connectivity index (χ1) is 15.5. The zero-order valence-corrected chi connectivity index (χ0v) is 18.9. The molecule has 1 unspecified atom stereocenters. The van der Waals surface area contributed by atoms with Crippen LogP contribution in [0.3, 0.4) is 0 Å². The molecule has 0 saturated carbocycles. The van der Waals surface area contributed by atoms with Crippen molar-refractivity contribution in [3.8, 4) is 22.8 Å². The molecule has 0 fully saturated rings. The number of fused-ring (bicyclic) bond motifs is 1. The Morgan fingerprint density at radius 3 is 2.62 bits per heavy atom. The fourth-order valence-corrected chi connectivity index (χ4v) is 4.42. The van der Waals surface area contributed by atoms with Gasteiger partial charge in [0.1, 0.15) is 11.5 Å². The summed E-state index contributed by atoms with van der Waals surface area (Å²) in [5.74, 6) is 0.786. The Morgan fingerprint density at radius 1 is 1.19 bits per heavy atom. The minimum atomic E-state index is -0.663. The number of nitrogens with zero attached hydrogens (tertiary/aromatic N) is 2. The average Bonchev–Trinajstić information content (AvgIpc) is 3.45. The summed E-state index contributed by atoms with van der Waals surface area (Å²) in [6, 6.07) is 11.1. The minimum absolute atomic E-state index is 0.259. The van der Waals surface area contributed by atoms with Crippen molar-refractivity contribution >= 4 is 28.1 Å². The van der Waals surface area contributed by atoms with Gasteiger partial charge in [0.15, 0.2) is 11.4 Å². The first kappa shape index (κ1) is 22.1. The normalized spacial score (nSPS) is 13.6. The fraction of sp³-hybridized carbons (Fsp3) is 0.304. The molecule has 8 nitrogen and oxygen atoms in total. The van der Waals surface area contributed by atoms with Gasteiger partial charge in [0.25, 0.3) is 5.91 Å². The highest BCUT2D eigenvalue weighted by Crippen LogP contribution is 2.34. The van der Waals surface area contributed by atoms with Crippen LogP contribution in [0.4, 0.5) is 10.8 Å². The molecule has 0 saturated heterocycles. The number of ether oxygens (including phenoxy) is 3. The highest BCUT2D eigenvalue weighted by Gasteiger charge is 2.25. The van der Waals surface area contributed by atoms with Gasteiger partial charge in [-0.1, -0.05) is 6.07 Å². The number of carbonyl (C=O) groups excluding carboxylic acids is 1. The number of hydrogen-bond donors (Lipinski definition) is 2. The van der Waals surface area contributed by atoms with Gasteiger partial charge in [-0.05, 0) is 36.2 Å². The van der Waals surface area contributed by atoms with Crippen molar-refractivity contribution in [2.75, 3.05) is 44.7 Å². The van der Waals surface area contributed by atoms with Crippen molar-refractivity contribution in [2.45, 2.75) is 12.6 Å². The molecule has 4 rings (SSSR count). The summed E-state index contributed by atoms with van der Waals surface area (Å²) >= 11 is 1.36. The quantitative estimate of drug-likeness (QED) is 0.538. The van der Waals surface area contributed by atoms with Gasteiger partial charge in [-0.15, -0.1) is 11.3 Å². The van der Waals surface area contributed by atoms with Crippen LogP contribution in [0.5, 0.6) is 11.5 Å². The molecule has 1 atom stereocenters. The van der Waals surface area contributed by atoms with Crippen LogP contribution in [0.2, 0.25) is 0 Å². The van der Waals surface area contributed by atoms with Crippen molar-refractivity contribution in [3.63, 3.8) is 0 Å². The maximum atomic E-state index is 12.7. The van der Waals surface area contributed by atoms with Crippen molar-refractivity contribution < 1.29 is 24.1 Å². The summed E-state index contributed by atoms with van der Waals surface area (Å²) in [6.07, 6.45) is 0.179. The number of nitrogens with one attached hydrogen (secondary N) is 1. The molecule has 1 aromatic heterocycles. The van der Waals surface area contributed by atoms with Crippen molar-refractivity contribution in [1.29, 1.82) is 0 Å². The maximum absolute atomic E-state index is 12.7. The van der Waals surface area contributed by atoms with E-state index in [2.05, 4.69) is 16.4 Å². The number of carbonyl (C=O) groups is 1. The fourth-order valence-electron chi connectivity index (χ4n) is 3.71. The second kappa shape index (κ2) is 9.56. The SMILES string of the molecule is COCC(O)N1CCc2cc(-c3csc(NC(=O)c4cc(OC)cc(OC)c4)n3)ccc21. The van der Waals surface area contributed by atoms with E-state index in [-0.39, 0.29) is 12.5 Å². The number of methoxy groups -OCH3 is 3. The van der Waals surface area contributed by atoms with Crippen molar-refractivity contribution in [1.82, 2.24) is 4.98 Å². The van der Waals surface area contributed by atoms with E-state index in [0.717, 1.165) is 35.5 Å². The number of anilines is 2. The molecule has 1 aliphatic rings.